The van der Waals surface area contributed by atoms with E-state index in [2.05, 4.69) is 69.8 Å². The van der Waals surface area contributed by atoms with Gasteiger partial charge in [0.1, 0.15) is 0 Å². The topological polar surface area (TPSA) is 70.4 Å². The van der Waals surface area contributed by atoms with Crippen molar-refractivity contribution in [1.29, 1.82) is 0 Å². The van der Waals surface area contributed by atoms with Crippen molar-refractivity contribution in [3.63, 3.8) is 0 Å². The maximum absolute atomic E-state index is 4.84. The van der Waals surface area contributed by atoms with Gasteiger partial charge in [0.2, 0.25) is 0 Å². The minimum Gasteiger partial charge on any atom is -0.357 e. The summed E-state index contributed by atoms with van der Waals surface area (Å²) >= 11 is 0. The number of guanidine groups is 1. The van der Waals surface area contributed by atoms with Crippen LogP contribution in [0.2, 0.25) is 0 Å². The Morgan fingerprint density at radius 2 is 2.00 bits per heavy atom. The molecule has 4 rings (SSSR count). The van der Waals surface area contributed by atoms with Gasteiger partial charge in [0.05, 0.1) is 6.54 Å². The number of rotatable bonds is 7. The first-order valence-electron chi connectivity index (χ1n) is 11.5. The predicted octanol–water partition coefficient (Wildman–Crippen LogP) is 3.38. The predicted molar refractivity (Wildman–Crippen MR) is 129 cm³/mol. The minimum atomic E-state index is 0.423. The average Bonchev–Trinajstić information content (AvgIpc) is 3.36. The van der Waals surface area contributed by atoms with Gasteiger partial charge in [-0.05, 0) is 56.0 Å². The zero-order chi connectivity index (χ0) is 22.2. The Balaban J connectivity index is 1.34. The molecule has 1 aromatic carbocycles. The van der Waals surface area contributed by atoms with Crippen LogP contribution < -0.4 is 10.6 Å². The standard InChI is InChI=1S/C25H33N7/c1-3-26-25(28-18-22-10-13-27-24(17-22)32-14-7-12-29-32)30-23-11-15-31(20(2)16-23)19-21-8-5-4-6-9-21/h4-10,12-14,17,20,23H,3,11,15-16,18-19H2,1-2H3,(H2,26,28,30). The largest absolute Gasteiger partial charge is 0.357 e. The highest BCUT2D eigenvalue weighted by Crippen LogP contribution is 2.20. The number of benzene rings is 1. The molecule has 2 N–H and O–H groups in total. The van der Waals surface area contributed by atoms with E-state index in [0.717, 1.165) is 49.8 Å². The summed E-state index contributed by atoms with van der Waals surface area (Å²) in [4.78, 5) is 11.8. The number of nitrogens with one attached hydrogen (secondary N) is 2. The van der Waals surface area contributed by atoms with Gasteiger partial charge < -0.3 is 10.6 Å². The van der Waals surface area contributed by atoms with E-state index in [4.69, 9.17) is 4.99 Å². The molecule has 1 aliphatic heterocycles. The molecule has 1 aliphatic rings. The lowest BCUT2D eigenvalue weighted by atomic mass is 9.97. The second-order valence-corrected chi connectivity index (χ2v) is 8.34. The normalized spacial score (nSPS) is 19.6. The SMILES string of the molecule is CCNC(=NCc1ccnc(-n2cccn2)c1)NC1CCN(Cc2ccccc2)C(C)C1. The van der Waals surface area contributed by atoms with Gasteiger partial charge in [0.25, 0.3) is 0 Å². The van der Waals surface area contributed by atoms with Crippen molar-refractivity contribution in [3.8, 4) is 5.82 Å². The molecule has 1 saturated heterocycles. The number of hydrogen-bond acceptors (Lipinski definition) is 4. The third-order valence-corrected chi connectivity index (χ3v) is 5.90. The maximum Gasteiger partial charge on any atom is 0.191 e. The molecule has 2 unspecified atom stereocenters. The van der Waals surface area contributed by atoms with Crippen LogP contribution in [0.4, 0.5) is 0 Å². The second-order valence-electron chi connectivity index (χ2n) is 8.34. The lowest BCUT2D eigenvalue weighted by Crippen LogP contribution is -2.51. The molecule has 2 aromatic heterocycles. The van der Waals surface area contributed by atoms with Crippen LogP contribution in [0, 0.1) is 0 Å². The highest BCUT2D eigenvalue weighted by Gasteiger charge is 2.25. The summed E-state index contributed by atoms with van der Waals surface area (Å²) in [5.41, 5.74) is 2.49. The Morgan fingerprint density at radius 3 is 2.75 bits per heavy atom. The number of hydrogen-bond donors (Lipinski definition) is 2. The van der Waals surface area contributed by atoms with Crippen molar-refractivity contribution in [1.82, 2.24) is 30.3 Å². The van der Waals surface area contributed by atoms with Crippen LogP contribution in [0.1, 0.15) is 37.8 Å². The molecule has 1 fully saturated rings. The Hall–Kier alpha value is -3.19. The van der Waals surface area contributed by atoms with E-state index in [1.54, 1.807) is 10.9 Å². The first-order valence-corrected chi connectivity index (χ1v) is 11.5. The fourth-order valence-corrected chi connectivity index (χ4v) is 4.18. The second kappa shape index (κ2) is 10.9. The van der Waals surface area contributed by atoms with E-state index in [9.17, 15) is 0 Å². The molecular formula is C25H33N7. The Bertz CT molecular complexity index is 985. The van der Waals surface area contributed by atoms with Crippen molar-refractivity contribution < 1.29 is 0 Å². The van der Waals surface area contributed by atoms with Gasteiger partial charge in [-0.3, -0.25) is 4.90 Å². The number of pyridine rings is 1. The quantitative estimate of drug-likeness (QED) is 0.443. The number of nitrogens with zero attached hydrogens (tertiary/aromatic N) is 5. The van der Waals surface area contributed by atoms with Gasteiger partial charge in [-0.25, -0.2) is 14.7 Å². The van der Waals surface area contributed by atoms with E-state index in [1.807, 2.05) is 30.6 Å². The number of piperidine rings is 1. The van der Waals surface area contributed by atoms with Gasteiger partial charge in [0, 0.05) is 50.3 Å². The van der Waals surface area contributed by atoms with E-state index < -0.39 is 0 Å². The molecule has 3 heterocycles. The number of aromatic nitrogens is 3. The summed E-state index contributed by atoms with van der Waals surface area (Å²) in [5.74, 6) is 1.68. The molecule has 168 valence electrons. The zero-order valence-corrected chi connectivity index (χ0v) is 19.0. The molecule has 32 heavy (non-hydrogen) atoms. The summed E-state index contributed by atoms with van der Waals surface area (Å²) in [6.45, 7) is 7.96. The summed E-state index contributed by atoms with van der Waals surface area (Å²) in [7, 11) is 0. The molecule has 0 saturated carbocycles. The van der Waals surface area contributed by atoms with Crippen molar-refractivity contribution in [2.45, 2.75) is 51.9 Å². The Labute approximate surface area is 190 Å². The van der Waals surface area contributed by atoms with Gasteiger partial charge in [-0.2, -0.15) is 5.10 Å². The van der Waals surface area contributed by atoms with Gasteiger partial charge in [0.15, 0.2) is 11.8 Å². The van der Waals surface area contributed by atoms with Crippen LogP contribution in [-0.4, -0.2) is 50.8 Å². The third kappa shape index (κ3) is 5.95. The maximum atomic E-state index is 4.84. The highest BCUT2D eigenvalue weighted by molar-refractivity contribution is 5.80. The summed E-state index contributed by atoms with van der Waals surface area (Å²) < 4.78 is 1.77. The molecule has 2 atom stereocenters. The van der Waals surface area contributed by atoms with Gasteiger partial charge in [-0.1, -0.05) is 30.3 Å². The molecule has 0 radical (unpaired) electrons. The first kappa shape index (κ1) is 22.0. The molecular weight excluding hydrogens is 398 g/mol. The monoisotopic (exact) mass is 431 g/mol. The van der Waals surface area contributed by atoms with Crippen LogP contribution in [0.15, 0.2) is 72.1 Å². The smallest absolute Gasteiger partial charge is 0.191 e. The van der Waals surface area contributed by atoms with Crippen LogP contribution in [0.25, 0.3) is 5.82 Å². The Kier molecular flexibility index (Phi) is 7.51. The fourth-order valence-electron chi connectivity index (χ4n) is 4.18. The lowest BCUT2D eigenvalue weighted by Gasteiger charge is -2.38. The van der Waals surface area contributed by atoms with Crippen LogP contribution in [0.3, 0.4) is 0 Å². The Morgan fingerprint density at radius 1 is 1.12 bits per heavy atom. The number of likely N-dealkylation sites (tertiary alicyclic amines) is 1. The van der Waals surface area contributed by atoms with E-state index >= 15 is 0 Å². The first-order chi connectivity index (χ1) is 15.7. The minimum absolute atomic E-state index is 0.423. The molecule has 0 aliphatic carbocycles. The molecule has 7 heteroatoms. The molecule has 7 nitrogen and oxygen atoms in total. The lowest BCUT2D eigenvalue weighted by molar-refractivity contribution is 0.134. The molecule has 0 amide bonds. The van der Waals surface area contributed by atoms with Gasteiger partial charge >= 0.3 is 0 Å². The van der Waals surface area contributed by atoms with E-state index in [-0.39, 0.29) is 0 Å². The molecule has 0 spiro atoms. The van der Waals surface area contributed by atoms with E-state index in [0.29, 0.717) is 18.6 Å². The highest BCUT2D eigenvalue weighted by atomic mass is 15.3. The third-order valence-electron chi connectivity index (χ3n) is 5.90. The van der Waals surface area contributed by atoms with Crippen LogP contribution in [-0.2, 0) is 13.1 Å². The summed E-state index contributed by atoms with van der Waals surface area (Å²) in [6, 6.07) is 17.6. The molecule has 0 bridgehead atoms. The van der Waals surface area contributed by atoms with E-state index in [1.165, 1.54) is 5.56 Å². The number of aliphatic imine (C=N–C) groups is 1. The summed E-state index contributed by atoms with van der Waals surface area (Å²) in [6.07, 6.45) is 7.68. The molecule has 3 aromatic rings. The summed E-state index contributed by atoms with van der Waals surface area (Å²) in [5, 5.41) is 11.3. The van der Waals surface area contributed by atoms with Crippen molar-refractivity contribution in [2.24, 2.45) is 4.99 Å². The van der Waals surface area contributed by atoms with Crippen LogP contribution in [0.5, 0.6) is 0 Å². The van der Waals surface area contributed by atoms with Gasteiger partial charge in [-0.15, -0.1) is 0 Å². The van der Waals surface area contributed by atoms with Crippen molar-refractivity contribution in [3.05, 3.63) is 78.2 Å². The zero-order valence-electron chi connectivity index (χ0n) is 19.0. The average molecular weight is 432 g/mol. The van der Waals surface area contributed by atoms with Crippen molar-refractivity contribution >= 4 is 5.96 Å². The fraction of sp³-hybridized carbons (Fsp3) is 0.400. The van der Waals surface area contributed by atoms with Crippen molar-refractivity contribution in [2.75, 3.05) is 13.1 Å². The van der Waals surface area contributed by atoms with Crippen LogP contribution >= 0.6 is 0 Å².